The first kappa shape index (κ1) is 22.8. The summed E-state index contributed by atoms with van der Waals surface area (Å²) in [7, 11) is 3.66. The molecule has 0 bridgehead atoms. The van der Waals surface area contributed by atoms with Crippen LogP contribution in [0.5, 0.6) is 0 Å². The highest BCUT2D eigenvalue weighted by molar-refractivity contribution is 6.01. The molecule has 152 valence electrons. The van der Waals surface area contributed by atoms with E-state index in [4.69, 9.17) is 4.84 Å². The summed E-state index contributed by atoms with van der Waals surface area (Å²) in [6, 6.07) is -0.250. The van der Waals surface area contributed by atoms with E-state index in [0.29, 0.717) is 24.4 Å². The lowest BCUT2D eigenvalue weighted by Crippen LogP contribution is -2.36. The highest BCUT2D eigenvalue weighted by atomic mass is 16.7. The first-order chi connectivity index (χ1) is 12.7. The molecular formula is C18H29N3O6. The van der Waals surface area contributed by atoms with Gasteiger partial charge in [0.15, 0.2) is 0 Å². The second kappa shape index (κ2) is 11.4. The Hall–Kier alpha value is -2.29. The van der Waals surface area contributed by atoms with Crippen molar-refractivity contribution in [1.29, 1.82) is 0 Å². The zero-order valence-electron chi connectivity index (χ0n) is 16.3. The molecule has 1 rings (SSSR count). The molecular weight excluding hydrogens is 354 g/mol. The van der Waals surface area contributed by atoms with Gasteiger partial charge in [-0.05, 0) is 39.8 Å². The first-order valence-corrected chi connectivity index (χ1v) is 9.22. The molecule has 1 atom stereocenters. The van der Waals surface area contributed by atoms with Crippen LogP contribution >= 0.6 is 0 Å². The molecule has 0 aliphatic carbocycles. The maximum absolute atomic E-state index is 12.4. The van der Waals surface area contributed by atoms with Crippen molar-refractivity contribution in [3.8, 4) is 0 Å². The summed E-state index contributed by atoms with van der Waals surface area (Å²) in [6.07, 6.45) is 2.85. The number of carbonyl (C=O) groups excluding carboxylic acids is 5. The summed E-state index contributed by atoms with van der Waals surface area (Å²) < 4.78 is 0. The van der Waals surface area contributed by atoms with Gasteiger partial charge in [-0.25, -0.2) is 4.79 Å². The van der Waals surface area contributed by atoms with Gasteiger partial charge in [0.25, 0.3) is 11.8 Å². The summed E-state index contributed by atoms with van der Waals surface area (Å²) in [4.78, 5) is 64.4. The summed E-state index contributed by atoms with van der Waals surface area (Å²) in [6.45, 7) is 2.05. The zero-order valence-corrected chi connectivity index (χ0v) is 16.3. The van der Waals surface area contributed by atoms with Crippen molar-refractivity contribution >= 4 is 29.5 Å². The molecule has 1 aliphatic heterocycles. The number of Topliss-reactive ketones (excluding diaryl/α,β-unsaturated/α-hetero) is 1. The number of carbonyl (C=O) groups is 5. The molecule has 3 amide bonds. The van der Waals surface area contributed by atoms with Crippen molar-refractivity contribution in [2.75, 3.05) is 20.6 Å². The summed E-state index contributed by atoms with van der Waals surface area (Å²) in [5.74, 6) is -1.77. The number of nitrogens with zero attached hydrogens (tertiary/aromatic N) is 2. The third-order valence-electron chi connectivity index (χ3n) is 4.28. The van der Waals surface area contributed by atoms with Crippen LogP contribution in [0.4, 0.5) is 0 Å². The van der Waals surface area contributed by atoms with E-state index in [0.717, 1.165) is 12.8 Å². The number of hydroxylamine groups is 2. The molecule has 0 aromatic heterocycles. The van der Waals surface area contributed by atoms with Gasteiger partial charge in [0.2, 0.25) is 5.91 Å². The molecule has 0 spiro atoms. The third kappa shape index (κ3) is 8.29. The third-order valence-corrected chi connectivity index (χ3v) is 4.28. The lowest BCUT2D eigenvalue weighted by molar-refractivity contribution is -0.197. The number of likely N-dealkylation sites (N-methyl/N-ethyl adjacent to an activating group) is 1. The van der Waals surface area contributed by atoms with E-state index in [1.807, 2.05) is 19.0 Å². The maximum Gasteiger partial charge on any atom is 0.333 e. The van der Waals surface area contributed by atoms with Crippen LogP contribution < -0.4 is 5.32 Å². The molecule has 0 aromatic rings. The van der Waals surface area contributed by atoms with Gasteiger partial charge in [-0.2, -0.15) is 0 Å². The van der Waals surface area contributed by atoms with Gasteiger partial charge in [0, 0.05) is 39.2 Å². The monoisotopic (exact) mass is 383 g/mol. The Bertz CT molecular complexity index is 559. The average Bonchev–Trinajstić information content (AvgIpc) is 2.89. The average molecular weight is 383 g/mol. The predicted molar refractivity (Wildman–Crippen MR) is 96.0 cm³/mol. The smallest absolute Gasteiger partial charge is 0.333 e. The number of rotatable bonds is 12. The molecule has 1 fully saturated rings. The lowest BCUT2D eigenvalue weighted by Gasteiger charge is -2.23. The Labute approximate surface area is 159 Å². The van der Waals surface area contributed by atoms with E-state index in [1.54, 1.807) is 0 Å². The normalized spacial score (nSPS) is 15.2. The summed E-state index contributed by atoms with van der Waals surface area (Å²) in [5.41, 5.74) is 0. The van der Waals surface area contributed by atoms with E-state index < -0.39 is 17.8 Å². The minimum absolute atomic E-state index is 0.0284. The molecule has 1 unspecified atom stereocenters. The predicted octanol–water partition coefficient (Wildman–Crippen LogP) is 0.570. The standard InChI is InChI=1S/C18H29N3O6/c1-13(22)19-12-5-4-7-14(20(2)3)15(23)8-6-9-18(26)27-21-16(24)10-11-17(21)25/h14H,4-12H2,1-3H3,(H,19,22). The molecule has 1 saturated heterocycles. The van der Waals surface area contributed by atoms with Gasteiger partial charge in [-0.3, -0.25) is 24.1 Å². The molecule has 27 heavy (non-hydrogen) atoms. The van der Waals surface area contributed by atoms with Crippen LogP contribution in [0, 0.1) is 0 Å². The number of unbranched alkanes of at least 4 members (excludes halogenated alkanes) is 1. The fourth-order valence-electron chi connectivity index (χ4n) is 2.81. The van der Waals surface area contributed by atoms with Gasteiger partial charge in [0.05, 0.1) is 6.04 Å². The molecule has 0 aromatic carbocycles. The first-order valence-electron chi connectivity index (χ1n) is 9.22. The minimum atomic E-state index is -0.692. The Balaban J connectivity index is 2.30. The van der Waals surface area contributed by atoms with Crippen molar-refractivity contribution in [3.05, 3.63) is 0 Å². The molecule has 1 heterocycles. The molecule has 9 heteroatoms. The summed E-state index contributed by atoms with van der Waals surface area (Å²) in [5, 5.41) is 3.24. The molecule has 0 saturated carbocycles. The number of nitrogens with one attached hydrogen (secondary N) is 1. The minimum Gasteiger partial charge on any atom is -0.356 e. The number of imide groups is 1. The van der Waals surface area contributed by atoms with Gasteiger partial charge in [-0.15, -0.1) is 5.06 Å². The summed E-state index contributed by atoms with van der Waals surface area (Å²) >= 11 is 0. The Morgan fingerprint density at radius 3 is 2.26 bits per heavy atom. The van der Waals surface area contributed by atoms with Crippen LogP contribution in [-0.2, 0) is 28.8 Å². The molecule has 0 radical (unpaired) electrons. The highest BCUT2D eigenvalue weighted by Crippen LogP contribution is 2.14. The zero-order chi connectivity index (χ0) is 20.4. The number of ketones is 1. The van der Waals surface area contributed by atoms with Crippen LogP contribution in [0.2, 0.25) is 0 Å². The van der Waals surface area contributed by atoms with Gasteiger partial charge in [0.1, 0.15) is 5.78 Å². The largest absolute Gasteiger partial charge is 0.356 e. The van der Waals surface area contributed by atoms with Crippen LogP contribution in [0.15, 0.2) is 0 Å². The van der Waals surface area contributed by atoms with E-state index in [-0.39, 0.29) is 43.4 Å². The fraction of sp³-hybridized carbons (Fsp3) is 0.722. The Kier molecular flexibility index (Phi) is 9.63. The second-order valence-corrected chi connectivity index (χ2v) is 6.82. The number of hydrogen-bond acceptors (Lipinski definition) is 7. The van der Waals surface area contributed by atoms with Crippen LogP contribution in [0.25, 0.3) is 0 Å². The number of amides is 3. The van der Waals surface area contributed by atoms with Crippen LogP contribution in [-0.4, -0.2) is 66.1 Å². The topological polar surface area (TPSA) is 113 Å². The number of hydrogen-bond donors (Lipinski definition) is 1. The van der Waals surface area contributed by atoms with E-state index in [2.05, 4.69) is 5.32 Å². The van der Waals surface area contributed by atoms with E-state index in [1.165, 1.54) is 6.92 Å². The van der Waals surface area contributed by atoms with Gasteiger partial charge < -0.3 is 10.2 Å². The fourth-order valence-corrected chi connectivity index (χ4v) is 2.81. The highest BCUT2D eigenvalue weighted by Gasteiger charge is 2.32. The quantitative estimate of drug-likeness (QED) is 0.387. The molecule has 9 nitrogen and oxygen atoms in total. The van der Waals surface area contributed by atoms with Crippen molar-refractivity contribution in [2.24, 2.45) is 0 Å². The van der Waals surface area contributed by atoms with Crippen molar-refractivity contribution in [1.82, 2.24) is 15.3 Å². The molecule has 1 N–H and O–H groups in total. The van der Waals surface area contributed by atoms with Crippen molar-refractivity contribution in [3.63, 3.8) is 0 Å². The van der Waals surface area contributed by atoms with Crippen LogP contribution in [0.1, 0.15) is 58.3 Å². The lowest BCUT2D eigenvalue weighted by atomic mass is 10.00. The van der Waals surface area contributed by atoms with E-state index >= 15 is 0 Å². The molecule has 1 aliphatic rings. The maximum atomic E-state index is 12.4. The van der Waals surface area contributed by atoms with Crippen molar-refractivity contribution < 1.29 is 28.8 Å². The van der Waals surface area contributed by atoms with Crippen molar-refractivity contribution in [2.45, 2.75) is 64.3 Å². The Morgan fingerprint density at radius 1 is 1.07 bits per heavy atom. The second-order valence-electron chi connectivity index (χ2n) is 6.82. The van der Waals surface area contributed by atoms with Crippen LogP contribution in [0.3, 0.4) is 0 Å². The Morgan fingerprint density at radius 2 is 1.70 bits per heavy atom. The van der Waals surface area contributed by atoms with Gasteiger partial charge >= 0.3 is 5.97 Å². The SMILES string of the molecule is CC(=O)NCCCCC(C(=O)CCCC(=O)ON1C(=O)CCC1=O)N(C)C. The van der Waals surface area contributed by atoms with Gasteiger partial charge in [-0.1, -0.05) is 0 Å². The van der Waals surface area contributed by atoms with E-state index in [9.17, 15) is 24.0 Å².